The van der Waals surface area contributed by atoms with Gasteiger partial charge in [0.25, 0.3) is 0 Å². The Bertz CT molecular complexity index is 123. The number of thiol groups is 1. The van der Waals surface area contributed by atoms with Crippen molar-refractivity contribution in [2.45, 2.75) is 19.8 Å². The zero-order valence-electron chi connectivity index (χ0n) is 8.38. The third-order valence-electron chi connectivity index (χ3n) is 2.01. The van der Waals surface area contributed by atoms with Crippen LogP contribution >= 0.6 is 22.7 Å². The summed E-state index contributed by atoms with van der Waals surface area (Å²) in [6, 6.07) is 0. The molecule has 0 aromatic carbocycles. The molecule has 1 atom stereocenters. The van der Waals surface area contributed by atoms with Gasteiger partial charge in [-0.05, 0) is 42.1 Å². The second-order valence-electron chi connectivity index (χ2n) is 3.42. The molecule has 0 aromatic heterocycles. The molecule has 0 aromatic rings. The summed E-state index contributed by atoms with van der Waals surface area (Å²) >= 11 is 4.26. The molecule has 0 fully saturated rings. The van der Waals surface area contributed by atoms with Gasteiger partial charge in [-0.2, -0.15) is 12.6 Å². The molecule has 2 heteroatoms. The van der Waals surface area contributed by atoms with Gasteiger partial charge in [0, 0.05) is 0 Å². The Kier molecular flexibility index (Phi) is 7.16. The maximum atomic E-state index is 4.26. The molecule has 0 saturated heterocycles. The molecule has 1 unspecified atom stereocenters. The standard InChI is InChI=1S/C10H22S2/c1-4-8-12(3,9-5-2)10-6-7-11/h4,11H,1,5-10H2,2-3H3. The largest absolute Gasteiger partial charge is 0.240 e. The molecule has 0 radical (unpaired) electrons. The summed E-state index contributed by atoms with van der Waals surface area (Å²) in [4.78, 5) is 0. The van der Waals surface area contributed by atoms with Gasteiger partial charge in [-0.3, -0.25) is 0 Å². The summed E-state index contributed by atoms with van der Waals surface area (Å²) in [7, 11) is -0.368. The van der Waals surface area contributed by atoms with Crippen molar-refractivity contribution in [2.75, 3.05) is 29.3 Å². The monoisotopic (exact) mass is 206 g/mol. The lowest BCUT2D eigenvalue weighted by Crippen LogP contribution is -2.11. The third-order valence-corrected chi connectivity index (χ3v) is 6.04. The molecule has 0 spiro atoms. The van der Waals surface area contributed by atoms with Gasteiger partial charge in [0.05, 0.1) is 0 Å². The Morgan fingerprint density at radius 3 is 2.50 bits per heavy atom. The lowest BCUT2D eigenvalue weighted by Gasteiger charge is -2.34. The number of hydrogen-bond donors (Lipinski definition) is 1. The molecule has 74 valence electrons. The Morgan fingerprint density at radius 1 is 1.42 bits per heavy atom. The highest BCUT2D eigenvalue weighted by Gasteiger charge is 2.14. The first-order chi connectivity index (χ1) is 5.68. The van der Waals surface area contributed by atoms with E-state index in [9.17, 15) is 0 Å². The van der Waals surface area contributed by atoms with Crippen molar-refractivity contribution in [1.29, 1.82) is 0 Å². The van der Waals surface area contributed by atoms with Gasteiger partial charge in [-0.15, -0.1) is 6.58 Å². The topological polar surface area (TPSA) is 0 Å². The van der Waals surface area contributed by atoms with Gasteiger partial charge in [-0.25, -0.2) is 10.0 Å². The van der Waals surface area contributed by atoms with Crippen LogP contribution in [-0.4, -0.2) is 29.3 Å². The SMILES string of the molecule is C=CCS(C)(CCC)CCCS. The van der Waals surface area contributed by atoms with E-state index in [0.717, 1.165) is 5.75 Å². The van der Waals surface area contributed by atoms with Gasteiger partial charge in [0.15, 0.2) is 0 Å². The summed E-state index contributed by atoms with van der Waals surface area (Å²) < 4.78 is 0. The maximum Gasteiger partial charge on any atom is -0.00514 e. The fourth-order valence-electron chi connectivity index (χ4n) is 1.46. The summed E-state index contributed by atoms with van der Waals surface area (Å²) in [6.07, 6.45) is 7.11. The van der Waals surface area contributed by atoms with Crippen LogP contribution in [0.4, 0.5) is 0 Å². The van der Waals surface area contributed by atoms with Gasteiger partial charge in [-0.1, -0.05) is 13.0 Å². The molecule has 0 amide bonds. The summed E-state index contributed by atoms with van der Waals surface area (Å²) in [5.74, 6) is 5.03. The second-order valence-corrected chi connectivity index (χ2v) is 7.97. The van der Waals surface area contributed by atoms with Crippen LogP contribution in [-0.2, 0) is 0 Å². The molecular weight excluding hydrogens is 184 g/mol. The minimum Gasteiger partial charge on any atom is -0.240 e. The maximum absolute atomic E-state index is 4.26. The van der Waals surface area contributed by atoms with Gasteiger partial charge >= 0.3 is 0 Å². The number of hydrogen-bond acceptors (Lipinski definition) is 1. The van der Waals surface area contributed by atoms with Crippen molar-refractivity contribution in [3.63, 3.8) is 0 Å². The fraction of sp³-hybridized carbons (Fsp3) is 0.800. The van der Waals surface area contributed by atoms with Crippen LogP contribution in [0.15, 0.2) is 12.7 Å². The van der Waals surface area contributed by atoms with Gasteiger partial charge in [0.2, 0.25) is 0 Å². The minimum absolute atomic E-state index is 0.368. The molecular formula is C10H22S2. The van der Waals surface area contributed by atoms with E-state index in [0.29, 0.717) is 0 Å². The lowest BCUT2D eigenvalue weighted by molar-refractivity contribution is 1.06. The third kappa shape index (κ3) is 5.15. The molecule has 0 N–H and O–H groups in total. The van der Waals surface area contributed by atoms with E-state index in [1.807, 2.05) is 0 Å². The average molecular weight is 206 g/mol. The predicted octanol–water partition coefficient (Wildman–Crippen LogP) is 3.34. The van der Waals surface area contributed by atoms with Crippen LogP contribution < -0.4 is 0 Å². The van der Waals surface area contributed by atoms with Crippen LogP contribution in [0.3, 0.4) is 0 Å². The highest BCUT2D eigenvalue weighted by molar-refractivity contribution is 8.33. The molecule has 0 nitrogen and oxygen atoms in total. The normalized spacial score (nSPS) is 18.2. The van der Waals surface area contributed by atoms with E-state index in [-0.39, 0.29) is 10.0 Å². The van der Waals surface area contributed by atoms with Crippen molar-refractivity contribution in [1.82, 2.24) is 0 Å². The van der Waals surface area contributed by atoms with Crippen molar-refractivity contribution < 1.29 is 0 Å². The minimum atomic E-state index is -0.368. The highest BCUT2D eigenvalue weighted by Crippen LogP contribution is 2.45. The Morgan fingerprint density at radius 2 is 2.08 bits per heavy atom. The van der Waals surface area contributed by atoms with E-state index < -0.39 is 0 Å². The van der Waals surface area contributed by atoms with Gasteiger partial charge < -0.3 is 0 Å². The Balaban J connectivity index is 3.88. The van der Waals surface area contributed by atoms with Crippen LogP contribution in [0, 0.1) is 0 Å². The predicted molar refractivity (Wildman–Crippen MR) is 67.1 cm³/mol. The molecule has 0 aliphatic heterocycles. The Labute approximate surface area is 84.5 Å². The Hall–Kier alpha value is 0.440. The average Bonchev–Trinajstić information content (AvgIpc) is 2.02. The quantitative estimate of drug-likeness (QED) is 0.479. The zero-order valence-corrected chi connectivity index (χ0v) is 10.1. The smallest absolute Gasteiger partial charge is 0.00514 e. The van der Waals surface area contributed by atoms with Crippen LogP contribution in [0.1, 0.15) is 19.8 Å². The first-order valence-electron chi connectivity index (χ1n) is 4.61. The fourth-order valence-corrected chi connectivity index (χ4v) is 4.76. The molecule has 0 aliphatic carbocycles. The molecule has 0 heterocycles. The van der Waals surface area contributed by atoms with E-state index >= 15 is 0 Å². The number of rotatable bonds is 7. The van der Waals surface area contributed by atoms with Crippen molar-refractivity contribution in [3.8, 4) is 0 Å². The highest BCUT2D eigenvalue weighted by atomic mass is 32.3. The first kappa shape index (κ1) is 12.4. The zero-order chi connectivity index (χ0) is 9.45. The van der Waals surface area contributed by atoms with E-state index in [2.05, 4.69) is 38.5 Å². The van der Waals surface area contributed by atoms with Gasteiger partial charge in [0.1, 0.15) is 0 Å². The second kappa shape index (κ2) is 6.90. The van der Waals surface area contributed by atoms with Crippen molar-refractivity contribution >= 4 is 22.7 Å². The van der Waals surface area contributed by atoms with Crippen molar-refractivity contribution in [2.24, 2.45) is 0 Å². The first-order valence-corrected chi connectivity index (χ1v) is 7.80. The summed E-state index contributed by atoms with van der Waals surface area (Å²) in [5.41, 5.74) is 0. The van der Waals surface area contributed by atoms with E-state index in [1.165, 1.54) is 30.1 Å². The molecule has 0 rings (SSSR count). The van der Waals surface area contributed by atoms with E-state index in [1.54, 1.807) is 0 Å². The summed E-state index contributed by atoms with van der Waals surface area (Å²) in [5, 5.41) is 0. The molecule has 0 aliphatic rings. The van der Waals surface area contributed by atoms with E-state index in [4.69, 9.17) is 0 Å². The molecule has 0 bridgehead atoms. The molecule has 0 saturated carbocycles. The van der Waals surface area contributed by atoms with Crippen LogP contribution in [0.5, 0.6) is 0 Å². The molecule has 12 heavy (non-hydrogen) atoms. The lowest BCUT2D eigenvalue weighted by atomic mass is 10.6. The summed E-state index contributed by atoms with van der Waals surface area (Å²) in [6.45, 7) is 6.11. The van der Waals surface area contributed by atoms with Crippen molar-refractivity contribution in [3.05, 3.63) is 12.7 Å². The van der Waals surface area contributed by atoms with Crippen LogP contribution in [0.2, 0.25) is 0 Å². The van der Waals surface area contributed by atoms with Crippen LogP contribution in [0.25, 0.3) is 0 Å².